The van der Waals surface area contributed by atoms with Gasteiger partial charge in [-0.05, 0) is 50.5 Å². The van der Waals surface area contributed by atoms with E-state index in [1.807, 2.05) is 19.1 Å². The zero-order chi connectivity index (χ0) is 19.0. The van der Waals surface area contributed by atoms with E-state index in [2.05, 4.69) is 44.0 Å². The van der Waals surface area contributed by atoms with Crippen LogP contribution in [0, 0.1) is 12.8 Å². The number of amides is 2. The van der Waals surface area contributed by atoms with Gasteiger partial charge in [-0.2, -0.15) is 0 Å². The Bertz CT molecular complexity index is 580. The summed E-state index contributed by atoms with van der Waals surface area (Å²) in [5.74, 6) is 0.344. The lowest BCUT2D eigenvalue weighted by molar-refractivity contribution is -0.129. The second kappa shape index (κ2) is 10.1. The molecule has 0 saturated heterocycles. The Morgan fingerprint density at radius 1 is 1.16 bits per heavy atom. The average Bonchev–Trinajstić information content (AvgIpc) is 2.54. The number of benzene rings is 1. The van der Waals surface area contributed by atoms with Gasteiger partial charge in [0, 0.05) is 50.9 Å². The first-order chi connectivity index (χ1) is 11.8. The van der Waals surface area contributed by atoms with Crippen molar-refractivity contribution in [2.45, 2.75) is 48.0 Å². The van der Waals surface area contributed by atoms with Gasteiger partial charge in [-0.3, -0.25) is 9.59 Å². The second-order valence-electron chi connectivity index (χ2n) is 6.83. The highest BCUT2D eigenvalue weighted by molar-refractivity contribution is 5.92. The molecule has 1 N–H and O–H groups in total. The van der Waals surface area contributed by atoms with Gasteiger partial charge in [0.15, 0.2) is 0 Å². The number of hydrogen-bond acceptors (Lipinski definition) is 3. The van der Waals surface area contributed by atoms with Gasteiger partial charge < -0.3 is 15.1 Å². The van der Waals surface area contributed by atoms with E-state index in [1.54, 1.807) is 11.8 Å². The molecule has 1 rings (SSSR count). The molecule has 5 nitrogen and oxygen atoms in total. The predicted molar refractivity (Wildman–Crippen MR) is 105 cm³/mol. The molecule has 1 aromatic carbocycles. The highest BCUT2D eigenvalue weighted by Gasteiger charge is 2.13. The van der Waals surface area contributed by atoms with Crippen molar-refractivity contribution in [3.63, 3.8) is 0 Å². The summed E-state index contributed by atoms with van der Waals surface area (Å²) >= 11 is 0. The van der Waals surface area contributed by atoms with E-state index in [0.29, 0.717) is 25.4 Å². The zero-order valence-electron chi connectivity index (χ0n) is 16.6. The summed E-state index contributed by atoms with van der Waals surface area (Å²) in [6.07, 6.45) is 0.309. The number of rotatable bonds is 9. The van der Waals surface area contributed by atoms with Gasteiger partial charge in [-0.1, -0.05) is 13.8 Å². The van der Waals surface area contributed by atoms with Gasteiger partial charge in [0.25, 0.3) is 0 Å². The van der Waals surface area contributed by atoms with Crippen molar-refractivity contribution in [1.29, 1.82) is 0 Å². The summed E-state index contributed by atoms with van der Waals surface area (Å²) in [5, 5.41) is 2.96. The molecule has 0 aliphatic heterocycles. The Hall–Kier alpha value is -2.04. The molecule has 140 valence electrons. The minimum atomic E-state index is -0.0614. The highest BCUT2D eigenvalue weighted by atomic mass is 16.2. The number of carbonyl (C=O) groups excluding carboxylic acids is 2. The third kappa shape index (κ3) is 6.77. The number of anilines is 2. The smallest absolute Gasteiger partial charge is 0.226 e. The van der Waals surface area contributed by atoms with Gasteiger partial charge in [-0.15, -0.1) is 0 Å². The zero-order valence-corrected chi connectivity index (χ0v) is 16.6. The van der Waals surface area contributed by atoms with E-state index in [1.165, 1.54) is 5.69 Å². The van der Waals surface area contributed by atoms with Crippen molar-refractivity contribution >= 4 is 23.2 Å². The van der Waals surface area contributed by atoms with Gasteiger partial charge in [0.1, 0.15) is 0 Å². The van der Waals surface area contributed by atoms with Crippen molar-refractivity contribution < 1.29 is 9.59 Å². The maximum atomic E-state index is 12.2. The van der Waals surface area contributed by atoms with Crippen LogP contribution in [0.25, 0.3) is 0 Å². The van der Waals surface area contributed by atoms with Crippen LogP contribution in [0.3, 0.4) is 0 Å². The van der Waals surface area contributed by atoms with Gasteiger partial charge >= 0.3 is 0 Å². The van der Waals surface area contributed by atoms with Crippen LogP contribution in [-0.2, 0) is 9.59 Å². The summed E-state index contributed by atoms with van der Waals surface area (Å²) < 4.78 is 0. The molecule has 0 unspecified atom stereocenters. The van der Waals surface area contributed by atoms with Crippen molar-refractivity contribution in [3.05, 3.63) is 23.8 Å². The van der Waals surface area contributed by atoms with Crippen LogP contribution in [0.2, 0.25) is 0 Å². The fraction of sp³-hybridized carbons (Fsp3) is 0.600. The molecule has 2 amide bonds. The molecule has 1 aromatic rings. The van der Waals surface area contributed by atoms with Gasteiger partial charge in [0.2, 0.25) is 11.8 Å². The number of carbonyl (C=O) groups is 2. The summed E-state index contributed by atoms with van der Waals surface area (Å²) in [5.41, 5.74) is 3.04. The molecule has 0 aliphatic rings. The van der Waals surface area contributed by atoms with E-state index >= 15 is 0 Å². The van der Waals surface area contributed by atoms with E-state index in [0.717, 1.165) is 24.3 Å². The highest BCUT2D eigenvalue weighted by Crippen LogP contribution is 2.22. The summed E-state index contributed by atoms with van der Waals surface area (Å²) in [7, 11) is 0. The number of nitrogens with zero attached hydrogens (tertiary/aromatic N) is 2. The van der Waals surface area contributed by atoms with E-state index in [9.17, 15) is 9.59 Å². The fourth-order valence-corrected chi connectivity index (χ4v) is 2.84. The third-order valence-corrected chi connectivity index (χ3v) is 4.25. The Morgan fingerprint density at radius 2 is 1.80 bits per heavy atom. The number of nitrogens with one attached hydrogen (secondary N) is 1. The Kier molecular flexibility index (Phi) is 8.46. The minimum Gasteiger partial charge on any atom is -0.372 e. The normalized spacial score (nSPS) is 10.7. The van der Waals surface area contributed by atoms with Crippen LogP contribution in [0.5, 0.6) is 0 Å². The number of aryl methyl sites for hydroxylation is 1. The lowest BCUT2D eigenvalue weighted by Crippen LogP contribution is -2.34. The summed E-state index contributed by atoms with van der Waals surface area (Å²) in [4.78, 5) is 27.9. The molecule has 0 saturated carbocycles. The third-order valence-electron chi connectivity index (χ3n) is 4.25. The molecule has 0 aromatic heterocycles. The summed E-state index contributed by atoms with van der Waals surface area (Å²) in [6, 6.07) is 6.09. The van der Waals surface area contributed by atoms with Crippen molar-refractivity contribution in [1.82, 2.24) is 4.90 Å². The Labute approximate surface area is 152 Å². The van der Waals surface area contributed by atoms with Crippen molar-refractivity contribution in [3.8, 4) is 0 Å². The molecule has 25 heavy (non-hydrogen) atoms. The molecule has 0 bridgehead atoms. The topological polar surface area (TPSA) is 52.7 Å². The van der Waals surface area contributed by atoms with Crippen LogP contribution >= 0.6 is 0 Å². The van der Waals surface area contributed by atoms with Crippen LogP contribution in [-0.4, -0.2) is 42.9 Å². The minimum absolute atomic E-state index is 0.0151. The molecule has 0 radical (unpaired) electrons. The average molecular weight is 348 g/mol. The second-order valence-corrected chi connectivity index (χ2v) is 6.83. The molecule has 0 spiro atoms. The molecular formula is C20H33N3O2. The van der Waals surface area contributed by atoms with E-state index in [-0.39, 0.29) is 11.8 Å². The first-order valence-corrected chi connectivity index (χ1v) is 9.19. The quantitative estimate of drug-likeness (QED) is 0.741. The van der Waals surface area contributed by atoms with E-state index in [4.69, 9.17) is 0 Å². The monoisotopic (exact) mass is 347 g/mol. The maximum absolute atomic E-state index is 12.2. The molecule has 0 aliphatic carbocycles. The van der Waals surface area contributed by atoms with Crippen LogP contribution in [0.1, 0.15) is 46.6 Å². The Balaban J connectivity index is 2.66. The lowest BCUT2D eigenvalue weighted by atomic mass is 10.1. The SMILES string of the molecule is CCN(CC)c1ccc(NC(=O)CCN(CC(C)C)C(C)=O)c(C)c1. The fourth-order valence-electron chi connectivity index (χ4n) is 2.84. The van der Waals surface area contributed by atoms with E-state index < -0.39 is 0 Å². The van der Waals surface area contributed by atoms with Gasteiger partial charge in [0.05, 0.1) is 0 Å². The van der Waals surface area contributed by atoms with Crippen molar-refractivity contribution in [2.24, 2.45) is 5.92 Å². The van der Waals surface area contributed by atoms with Crippen LogP contribution < -0.4 is 10.2 Å². The lowest BCUT2D eigenvalue weighted by Gasteiger charge is -2.23. The standard InChI is InChI=1S/C20H33N3O2/c1-7-22(8-2)18-9-10-19(16(5)13-18)21-20(25)11-12-23(17(6)24)14-15(3)4/h9-10,13,15H,7-8,11-12,14H2,1-6H3,(H,21,25). The van der Waals surface area contributed by atoms with Crippen molar-refractivity contribution in [2.75, 3.05) is 36.4 Å². The largest absolute Gasteiger partial charge is 0.372 e. The van der Waals surface area contributed by atoms with Crippen LogP contribution in [0.4, 0.5) is 11.4 Å². The maximum Gasteiger partial charge on any atom is 0.226 e. The molecule has 0 heterocycles. The first-order valence-electron chi connectivity index (χ1n) is 9.19. The van der Waals surface area contributed by atoms with Gasteiger partial charge in [-0.25, -0.2) is 0 Å². The molecule has 5 heteroatoms. The summed E-state index contributed by atoms with van der Waals surface area (Å²) in [6.45, 7) is 15.0. The molecule has 0 atom stereocenters. The molecule has 0 fully saturated rings. The number of hydrogen-bond donors (Lipinski definition) is 1. The Morgan fingerprint density at radius 3 is 2.28 bits per heavy atom. The first kappa shape index (κ1) is 21.0. The van der Waals surface area contributed by atoms with Crippen LogP contribution in [0.15, 0.2) is 18.2 Å². The predicted octanol–water partition coefficient (Wildman–Crippen LogP) is 3.67. The molecular weight excluding hydrogens is 314 g/mol.